The van der Waals surface area contributed by atoms with Gasteiger partial charge in [0.2, 0.25) is 0 Å². The molecule has 3 rings (SSSR count). The molecule has 7 heteroatoms. The quantitative estimate of drug-likeness (QED) is 0.705. The van der Waals surface area contributed by atoms with Crippen molar-refractivity contribution in [3.63, 3.8) is 0 Å². The highest BCUT2D eigenvalue weighted by atomic mass is 28.4. The highest BCUT2D eigenvalue weighted by molar-refractivity contribution is 6.74. The summed E-state index contributed by atoms with van der Waals surface area (Å²) in [5.74, 6) is 0.101. The van der Waals surface area contributed by atoms with Crippen LogP contribution in [0.25, 0.3) is 0 Å². The van der Waals surface area contributed by atoms with Crippen LogP contribution in [0.5, 0.6) is 5.75 Å². The number of fused-ring (bicyclic) bond motifs is 1. The average molecular weight is 424 g/mol. The first-order valence-corrected chi connectivity index (χ1v) is 13.3. The highest BCUT2D eigenvalue weighted by Crippen LogP contribution is 2.45. The Labute approximate surface area is 176 Å². The summed E-state index contributed by atoms with van der Waals surface area (Å²) in [6, 6.07) is 7.61. The van der Waals surface area contributed by atoms with Gasteiger partial charge in [0, 0.05) is 0 Å². The van der Waals surface area contributed by atoms with Crippen molar-refractivity contribution in [3.8, 4) is 5.75 Å². The molecule has 0 aliphatic carbocycles. The minimum atomic E-state index is -2.07. The minimum absolute atomic E-state index is 0.0288. The maximum absolute atomic E-state index is 10.2. The van der Waals surface area contributed by atoms with Gasteiger partial charge in [0.05, 0.1) is 31.9 Å². The Balaban J connectivity index is 1.94. The van der Waals surface area contributed by atoms with E-state index in [0.29, 0.717) is 0 Å². The zero-order valence-corrected chi connectivity index (χ0v) is 20.0. The maximum Gasteiger partial charge on any atom is 0.192 e. The molecular weight excluding hydrogens is 386 g/mol. The summed E-state index contributed by atoms with van der Waals surface area (Å²) in [6.07, 6.45) is -0.747. The van der Waals surface area contributed by atoms with E-state index >= 15 is 0 Å². The molecular formula is C22H37NO5Si. The molecule has 2 aliphatic heterocycles. The van der Waals surface area contributed by atoms with E-state index in [-0.39, 0.29) is 42.0 Å². The van der Waals surface area contributed by atoms with Crippen LogP contribution < -0.4 is 10.1 Å². The molecule has 1 aromatic rings. The number of ether oxygens (including phenoxy) is 3. The number of nitrogens with one attached hydrogen (secondary N) is 1. The summed E-state index contributed by atoms with van der Waals surface area (Å²) in [5, 5.41) is 13.9. The summed E-state index contributed by atoms with van der Waals surface area (Å²) in [6.45, 7) is 15.0. The SMILES string of the molecule is COc1ccc([C@@H]2N[C@H](CO)[C@@H](O[Si](C)(C)C(C)(C)C)[C@@H]3OC(C)(C)O[C@@H]32)cc1. The first-order valence-electron chi connectivity index (χ1n) is 10.4. The van der Waals surface area contributed by atoms with E-state index < -0.39 is 14.1 Å². The second-order valence-electron chi connectivity index (χ2n) is 10.1. The maximum atomic E-state index is 10.2. The smallest absolute Gasteiger partial charge is 0.192 e. The molecule has 2 N–H and O–H groups in total. The highest BCUT2D eigenvalue weighted by Gasteiger charge is 2.56. The lowest BCUT2D eigenvalue weighted by molar-refractivity contribution is -0.153. The Morgan fingerprint density at radius 2 is 1.69 bits per heavy atom. The fourth-order valence-corrected chi connectivity index (χ4v) is 5.23. The zero-order valence-electron chi connectivity index (χ0n) is 19.0. The second-order valence-corrected chi connectivity index (χ2v) is 14.9. The van der Waals surface area contributed by atoms with E-state index in [1.807, 2.05) is 38.1 Å². The lowest BCUT2D eigenvalue weighted by atomic mass is 9.87. The van der Waals surface area contributed by atoms with Gasteiger partial charge in [-0.1, -0.05) is 32.9 Å². The molecule has 2 fully saturated rings. The zero-order chi connectivity index (χ0) is 21.6. The number of aliphatic hydroxyl groups is 1. The molecule has 0 unspecified atom stereocenters. The van der Waals surface area contributed by atoms with Gasteiger partial charge in [0.25, 0.3) is 0 Å². The van der Waals surface area contributed by atoms with Crippen LogP contribution in [0.15, 0.2) is 24.3 Å². The van der Waals surface area contributed by atoms with Crippen LogP contribution in [0, 0.1) is 0 Å². The Hall–Kier alpha value is -0.963. The molecule has 164 valence electrons. The summed E-state index contributed by atoms with van der Waals surface area (Å²) < 4.78 is 24.7. The predicted octanol–water partition coefficient (Wildman–Crippen LogP) is 3.61. The summed E-state index contributed by atoms with van der Waals surface area (Å²) in [7, 11) is -0.416. The number of aliphatic hydroxyl groups excluding tert-OH is 1. The number of rotatable bonds is 5. The molecule has 2 aliphatic rings. The van der Waals surface area contributed by atoms with Crippen LogP contribution in [0.1, 0.15) is 46.2 Å². The first kappa shape index (κ1) is 22.7. The van der Waals surface area contributed by atoms with Crippen LogP contribution in [-0.4, -0.2) is 57.3 Å². The molecule has 0 spiro atoms. The second kappa shape index (κ2) is 7.94. The average Bonchev–Trinajstić information content (AvgIpc) is 2.96. The van der Waals surface area contributed by atoms with Crippen LogP contribution in [0.3, 0.4) is 0 Å². The fraction of sp³-hybridized carbons (Fsp3) is 0.727. The predicted molar refractivity (Wildman–Crippen MR) is 116 cm³/mol. The summed E-state index contributed by atoms with van der Waals surface area (Å²) in [4.78, 5) is 0. The lowest BCUT2D eigenvalue weighted by Crippen LogP contribution is -2.64. The molecule has 2 heterocycles. The van der Waals surface area contributed by atoms with Crippen LogP contribution in [0.2, 0.25) is 18.1 Å². The molecule has 0 amide bonds. The van der Waals surface area contributed by atoms with E-state index in [9.17, 15) is 5.11 Å². The molecule has 0 aromatic heterocycles. The van der Waals surface area contributed by atoms with Gasteiger partial charge in [-0.2, -0.15) is 0 Å². The standard InChI is InChI=1S/C22H37NO5Si/c1-21(2,3)29(7,8)28-18-16(13-24)23-17(14-9-11-15(25-6)12-10-14)19-20(18)27-22(4,5)26-19/h9-12,16-20,23-24H,13H2,1-8H3/t16-,17+,18-,19-,20+/m1/s1. The third kappa shape index (κ3) is 4.55. The Morgan fingerprint density at radius 3 is 2.21 bits per heavy atom. The van der Waals surface area contributed by atoms with E-state index in [0.717, 1.165) is 11.3 Å². The van der Waals surface area contributed by atoms with Gasteiger partial charge < -0.3 is 29.1 Å². The number of benzene rings is 1. The van der Waals surface area contributed by atoms with Crippen LogP contribution in [-0.2, 0) is 13.9 Å². The topological polar surface area (TPSA) is 69.2 Å². The van der Waals surface area contributed by atoms with E-state index in [1.165, 1.54) is 0 Å². The molecule has 6 nitrogen and oxygen atoms in total. The molecule has 1 aromatic carbocycles. The first-order chi connectivity index (χ1) is 13.4. The third-order valence-electron chi connectivity index (χ3n) is 6.51. The van der Waals surface area contributed by atoms with Crippen molar-refractivity contribution < 1.29 is 23.7 Å². The van der Waals surface area contributed by atoms with Crippen LogP contribution >= 0.6 is 0 Å². The Bertz CT molecular complexity index is 700. The van der Waals surface area contributed by atoms with Crippen molar-refractivity contribution in [3.05, 3.63) is 29.8 Å². The number of methoxy groups -OCH3 is 1. The molecule has 2 saturated heterocycles. The van der Waals surface area contributed by atoms with Crippen molar-refractivity contribution in [2.45, 2.75) is 88.9 Å². The molecule has 0 saturated carbocycles. The monoisotopic (exact) mass is 423 g/mol. The third-order valence-corrected chi connectivity index (χ3v) is 11.0. The molecule has 29 heavy (non-hydrogen) atoms. The molecule has 5 atom stereocenters. The summed E-state index contributed by atoms with van der Waals surface area (Å²) in [5.41, 5.74) is 1.08. The Morgan fingerprint density at radius 1 is 1.10 bits per heavy atom. The number of piperidine rings is 1. The van der Waals surface area contributed by atoms with Crippen molar-refractivity contribution in [2.24, 2.45) is 0 Å². The minimum Gasteiger partial charge on any atom is -0.497 e. The van der Waals surface area contributed by atoms with Crippen molar-refractivity contribution in [1.29, 1.82) is 0 Å². The van der Waals surface area contributed by atoms with Gasteiger partial charge in [0.15, 0.2) is 14.1 Å². The van der Waals surface area contributed by atoms with E-state index in [4.69, 9.17) is 18.6 Å². The van der Waals surface area contributed by atoms with Gasteiger partial charge in [-0.05, 0) is 49.7 Å². The number of hydrogen-bond acceptors (Lipinski definition) is 6. The van der Waals surface area contributed by atoms with Crippen LogP contribution in [0.4, 0.5) is 0 Å². The van der Waals surface area contributed by atoms with E-state index in [2.05, 4.69) is 39.2 Å². The van der Waals surface area contributed by atoms with Gasteiger partial charge >= 0.3 is 0 Å². The lowest BCUT2D eigenvalue weighted by Gasteiger charge is -2.48. The van der Waals surface area contributed by atoms with Gasteiger partial charge in [-0.15, -0.1) is 0 Å². The molecule has 0 bridgehead atoms. The van der Waals surface area contributed by atoms with Gasteiger partial charge in [-0.3, -0.25) is 0 Å². The summed E-state index contributed by atoms with van der Waals surface area (Å²) >= 11 is 0. The fourth-order valence-electron chi connectivity index (χ4n) is 3.90. The largest absolute Gasteiger partial charge is 0.497 e. The van der Waals surface area contributed by atoms with E-state index in [1.54, 1.807) is 7.11 Å². The van der Waals surface area contributed by atoms with Gasteiger partial charge in [0.1, 0.15) is 18.0 Å². The van der Waals surface area contributed by atoms with Gasteiger partial charge in [-0.25, -0.2) is 0 Å². The molecule has 0 radical (unpaired) electrons. The van der Waals surface area contributed by atoms with Crippen molar-refractivity contribution >= 4 is 8.32 Å². The Kier molecular flexibility index (Phi) is 6.22. The number of hydrogen-bond donors (Lipinski definition) is 2. The normalized spacial score (nSPS) is 32.1. The van der Waals surface area contributed by atoms with Crippen molar-refractivity contribution in [1.82, 2.24) is 5.32 Å². The van der Waals surface area contributed by atoms with Crippen molar-refractivity contribution in [2.75, 3.05) is 13.7 Å².